The molecule has 1 amide bonds. The van der Waals surface area contributed by atoms with Gasteiger partial charge in [0, 0.05) is 45.2 Å². The molecule has 0 saturated carbocycles. The Bertz CT molecular complexity index is 902. The molecule has 32 heavy (non-hydrogen) atoms. The number of aryl methyl sites for hydroxylation is 1. The molecule has 6 nitrogen and oxygen atoms in total. The van der Waals surface area contributed by atoms with Gasteiger partial charge in [0.25, 0.3) is 0 Å². The first kappa shape index (κ1) is 23.8. The molecule has 174 valence electrons. The molecule has 0 spiro atoms. The van der Waals surface area contributed by atoms with Gasteiger partial charge in [0.1, 0.15) is 12.4 Å². The summed E-state index contributed by atoms with van der Waals surface area (Å²) in [6.07, 6.45) is 2.07. The van der Waals surface area contributed by atoms with Crippen LogP contribution in [0.15, 0.2) is 36.4 Å². The number of ether oxygens (including phenoxy) is 3. The van der Waals surface area contributed by atoms with Crippen molar-refractivity contribution >= 4 is 5.91 Å². The number of piperazine rings is 1. The first-order valence-corrected chi connectivity index (χ1v) is 10.8. The lowest BCUT2D eigenvalue weighted by molar-refractivity contribution is -0.133. The Hall–Kier alpha value is -2.87. The number of halogens is 2. The minimum Gasteiger partial charge on any atom is -0.493 e. The molecule has 0 N–H and O–H groups in total. The van der Waals surface area contributed by atoms with Gasteiger partial charge in [0.05, 0.1) is 14.2 Å². The maximum Gasteiger partial charge on any atom is 0.222 e. The van der Waals surface area contributed by atoms with E-state index in [9.17, 15) is 13.6 Å². The molecule has 8 heteroatoms. The van der Waals surface area contributed by atoms with Gasteiger partial charge in [-0.2, -0.15) is 0 Å². The van der Waals surface area contributed by atoms with E-state index in [1.165, 1.54) is 12.1 Å². The van der Waals surface area contributed by atoms with Gasteiger partial charge in [-0.05, 0) is 42.7 Å². The summed E-state index contributed by atoms with van der Waals surface area (Å²) in [6.45, 7) is 3.76. The number of benzene rings is 2. The maximum atomic E-state index is 13.6. The molecule has 2 aromatic rings. The highest BCUT2D eigenvalue weighted by atomic mass is 19.1. The molecule has 1 fully saturated rings. The smallest absolute Gasteiger partial charge is 0.222 e. The summed E-state index contributed by atoms with van der Waals surface area (Å²) in [5.41, 5.74) is 1.11. The Labute approximate surface area is 187 Å². The van der Waals surface area contributed by atoms with Crippen molar-refractivity contribution in [2.45, 2.75) is 19.3 Å². The first-order valence-electron chi connectivity index (χ1n) is 10.8. The van der Waals surface area contributed by atoms with Crippen LogP contribution in [0, 0.1) is 11.6 Å². The molecule has 0 atom stereocenters. The lowest BCUT2D eigenvalue weighted by Crippen LogP contribution is -2.49. The van der Waals surface area contributed by atoms with E-state index in [0.717, 1.165) is 37.6 Å². The van der Waals surface area contributed by atoms with Gasteiger partial charge in [0.15, 0.2) is 23.1 Å². The van der Waals surface area contributed by atoms with Crippen LogP contribution in [-0.4, -0.2) is 69.3 Å². The van der Waals surface area contributed by atoms with Gasteiger partial charge in [-0.3, -0.25) is 9.69 Å². The van der Waals surface area contributed by atoms with Gasteiger partial charge in [-0.15, -0.1) is 0 Å². The van der Waals surface area contributed by atoms with Gasteiger partial charge in [-0.1, -0.05) is 6.07 Å². The SMILES string of the molecule is COc1ccc(CCCC(=O)N2CCN(CCOc3ccc(F)cc3F)CC2)cc1OC. The standard InChI is InChI=1S/C24H30F2N2O4/c1-30-22-8-6-18(16-23(22)31-2)4-3-5-24(29)28-12-10-27(11-13-28)14-15-32-21-9-7-19(25)17-20(21)26/h6-9,16-17H,3-5,10-15H2,1-2H3. The number of nitrogens with zero attached hydrogens (tertiary/aromatic N) is 2. The third-order valence-corrected chi connectivity index (χ3v) is 5.59. The van der Waals surface area contributed by atoms with Crippen molar-refractivity contribution in [2.24, 2.45) is 0 Å². The van der Waals surface area contributed by atoms with Crippen LogP contribution in [0.25, 0.3) is 0 Å². The first-order chi connectivity index (χ1) is 15.5. The summed E-state index contributed by atoms with van der Waals surface area (Å²) >= 11 is 0. The van der Waals surface area contributed by atoms with E-state index in [0.29, 0.717) is 44.2 Å². The number of carbonyl (C=O) groups is 1. The van der Waals surface area contributed by atoms with Crippen LogP contribution in [0.3, 0.4) is 0 Å². The molecule has 2 aromatic carbocycles. The van der Waals surface area contributed by atoms with Crippen LogP contribution in [0.5, 0.6) is 17.2 Å². The van der Waals surface area contributed by atoms with E-state index in [1.54, 1.807) is 14.2 Å². The van der Waals surface area contributed by atoms with Crippen LogP contribution in [0.2, 0.25) is 0 Å². The van der Waals surface area contributed by atoms with Crippen molar-refractivity contribution in [1.29, 1.82) is 0 Å². The predicted octanol–water partition coefficient (Wildman–Crippen LogP) is 3.53. The molecule has 0 radical (unpaired) electrons. The molecule has 0 bridgehead atoms. The largest absolute Gasteiger partial charge is 0.493 e. The van der Waals surface area contributed by atoms with Gasteiger partial charge in [0.2, 0.25) is 5.91 Å². The Morgan fingerprint density at radius 3 is 2.34 bits per heavy atom. The molecule has 3 rings (SSSR count). The highest BCUT2D eigenvalue weighted by Crippen LogP contribution is 2.28. The Morgan fingerprint density at radius 2 is 1.66 bits per heavy atom. The zero-order valence-corrected chi connectivity index (χ0v) is 18.6. The lowest BCUT2D eigenvalue weighted by Gasteiger charge is -2.34. The van der Waals surface area contributed by atoms with Crippen molar-refractivity contribution in [3.63, 3.8) is 0 Å². The van der Waals surface area contributed by atoms with Crippen LogP contribution in [0.4, 0.5) is 8.78 Å². The highest BCUT2D eigenvalue weighted by Gasteiger charge is 2.20. The fourth-order valence-electron chi connectivity index (χ4n) is 3.74. The van der Waals surface area contributed by atoms with Crippen molar-refractivity contribution in [3.05, 3.63) is 53.6 Å². The molecule has 1 aliphatic rings. The van der Waals surface area contributed by atoms with E-state index in [2.05, 4.69) is 4.90 Å². The summed E-state index contributed by atoms with van der Waals surface area (Å²) in [4.78, 5) is 16.6. The summed E-state index contributed by atoms with van der Waals surface area (Å²) in [5, 5.41) is 0. The maximum absolute atomic E-state index is 13.6. The molecule has 0 aliphatic carbocycles. The highest BCUT2D eigenvalue weighted by molar-refractivity contribution is 5.76. The average Bonchev–Trinajstić information content (AvgIpc) is 2.80. The van der Waals surface area contributed by atoms with Gasteiger partial charge >= 0.3 is 0 Å². The summed E-state index contributed by atoms with van der Waals surface area (Å²) in [5.74, 6) is 0.273. The number of carbonyl (C=O) groups excluding carboxylic acids is 1. The van der Waals surface area contributed by atoms with Crippen molar-refractivity contribution in [2.75, 3.05) is 53.6 Å². The van der Waals surface area contributed by atoms with E-state index in [-0.39, 0.29) is 11.7 Å². The zero-order valence-electron chi connectivity index (χ0n) is 18.6. The van der Waals surface area contributed by atoms with Crippen molar-refractivity contribution < 1.29 is 27.8 Å². The predicted molar refractivity (Wildman–Crippen MR) is 117 cm³/mol. The molecule has 0 aromatic heterocycles. The monoisotopic (exact) mass is 448 g/mol. The molecule has 1 heterocycles. The second-order valence-electron chi connectivity index (χ2n) is 7.69. The zero-order chi connectivity index (χ0) is 22.9. The second kappa shape index (κ2) is 11.7. The van der Waals surface area contributed by atoms with Crippen LogP contribution < -0.4 is 14.2 Å². The quantitative estimate of drug-likeness (QED) is 0.557. The fraction of sp³-hybridized carbons (Fsp3) is 0.458. The Morgan fingerprint density at radius 1 is 0.938 bits per heavy atom. The third-order valence-electron chi connectivity index (χ3n) is 5.59. The third kappa shape index (κ3) is 6.56. The Balaban J connectivity index is 1.34. The van der Waals surface area contributed by atoms with Gasteiger partial charge in [-0.25, -0.2) is 8.78 Å². The van der Waals surface area contributed by atoms with Crippen LogP contribution in [0.1, 0.15) is 18.4 Å². The minimum absolute atomic E-state index is 0.0506. The van der Waals surface area contributed by atoms with E-state index in [1.807, 2.05) is 23.1 Å². The fourth-order valence-corrected chi connectivity index (χ4v) is 3.74. The average molecular weight is 449 g/mol. The topological polar surface area (TPSA) is 51.2 Å². The number of rotatable bonds is 10. The molecule has 0 unspecified atom stereocenters. The van der Waals surface area contributed by atoms with E-state index >= 15 is 0 Å². The summed E-state index contributed by atoms with van der Waals surface area (Å²) < 4.78 is 42.5. The Kier molecular flexibility index (Phi) is 8.67. The minimum atomic E-state index is -0.700. The molecular weight excluding hydrogens is 418 g/mol. The van der Waals surface area contributed by atoms with E-state index in [4.69, 9.17) is 14.2 Å². The van der Waals surface area contributed by atoms with Crippen LogP contribution >= 0.6 is 0 Å². The van der Waals surface area contributed by atoms with E-state index < -0.39 is 11.6 Å². The number of methoxy groups -OCH3 is 2. The number of hydrogen-bond acceptors (Lipinski definition) is 5. The number of hydrogen-bond donors (Lipinski definition) is 0. The molecular formula is C24H30F2N2O4. The van der Waals surface area contributed by atoms with Crippen molar-refractivity contribution in [1.82, 2.24) is 9.80 Å². The normalized spacial score (nSPS) is 14.3. The van der Waals surface area contributed by atoms with Crippen molar-refractivity contribution in [3.8, 4) is 17.2 Å². The summed E-state index contributed by atoms with van der Waals surface area (Å²) in [6, 6.07) is 9.10. The second-order valence-corrected chi connectivity index (χ2v) is 7.69. The molecule has 1 aliphatic heterocycles. The number of amides is 1. The van der Waals surface area contributed by atoms with Crippen LogP contribution in [-0.2, 0) is 11.2 Å². The summed E-state index contributed by atoms with van der Waals surface area (Å²) in [7, 11) is 3.21. The lowest BCUT2D eigenvalue weighted by atomic mass is 10.1. The molecule has 1 saturated heterocycles. The van der Waals surface area contributed by atoms with Gasteiger partial charge < -0.3 is 19.1 Å².